The van der Waals surface area contributed by atoms with Gasteiger partial charge in [-0.05, 0) is 32.4 Å². The van der Waals surface area contributed by atoms with Crippen molar-refractivity contribution in [1.82, 2.24) is 4.90 Å². The first-order valence-electron chi connectivity index (χ1n) is 6.59. The molecule has 2 unspecified atom stereocenters. The van der Waals surface area contributed by atoms with Gasteiger partial charge in [0.15, 0.2) is 0 Å². The molecule has 1 heterocycles. The Morgan fingerprint density at radius 1 is 1.42 bits per heavy atom. The SMILES string of the molecule is Cc1ccc(C)c(C(=O)N2CC(C)OC(CCl)C2)c1. The molecule has 104 valence electrons. The van der Waals surface area contributed by atoms with Gasteiger partial charge in [-0.1, -0.05) is 17.7 Å². The molecule has 0 aromatic heterocycles. The molecule has 3 nitrogen and oxygen atoms in total. The number of rotatable bonds is 2. The number of benzene rings is 1. The van der Waals surface area contributed by atoms with Crippen molar-refractivity contribution in [2.75, 3.05) is 19.0 Å². The van der Waals surface area contributed by atoms with E-state index in [9.17, 15) is 4.79 Å². The molecule has 1 amide bonds. The van der Waals surface area contributed by atoms with Gasteiger partial charge >= 0.3 is 0 Å². The van der Waals surface area contributed by atoms with Gasteiger partial charge in [-0.25, -0.2) is 0 Å². The molecule has 0 saturated carbocycles. The Morgan fingerprint density at radius 2 is 2.16 bits per heavy atom. The summed E-state index contributed by atoms with van der Waals surface area (Å²) in [4.78, 5) is 14.5. The zero-order valence-corrected chi connectivity index (χ0v) is 12.4. The lowest BCUT2D eigenvalue weighted by Crippen LogP contribution is -2.49. The maximum atomic E-state index is 12.6. The second-order valence-electron chi connectivity index (χ2n) is 5.25. The third kappa shape index (κ3) is 3.28. The summed E-state index contributed by atoms with van der Waals surface area (Å²) in [5, 5.41) is 0. The van der Waals surface area contributed by atoms with E-state index in [1.807, 2.05) is 43.9 Å². The third-order valence-corrected chi connectivity index (χ3v) is 3.75. The molecule has 2 atom stereocenters. The van der Waals surface area contributed by atoms with Gasteiger partial charge < -0.3 is 9.64 Å². The quantitative estimate of drug-likeness (QED) is 0.780. The number of nitrogens with zero attached hydrogens (tertiary/aromatic N) is 1. The van der Waals surface area contributed by atoms with Gasteiger partial charge in [0.25, 0.3) is 5.91 Å². The zero-order valence-electron chi connectivity index (χ0n) is 11.6. The van der Waals surface area contributed by atoms with Crippen molar-refractivity contribution < 1.29 is 9.53 Å². The first kappa shape index (κ1) is 14.4. The van der Waals surface area contributed by atoms with Crippen molar-refractivity contribution in [3.8, 4) is 0 Å². The van der Waals surface area contributed by atoms with Crippen molar-refractivity contribution >= 4 is 17.5 Å². The van der Waals surface area contributed by atoms with Crippen molar-refractivity contribution in [2.24, 2.45) is 0 Å². The van der Waals surface area contributed by atoms with Crippen LogP contribution in [0.3, 0.4) is 0 Å². The van der Waals surface area contributed by atoms with Crippen molar-refractivity contribution in [3.63, 3.8) is 0 Å². The fourth-order valence-corrected chi connectivity index (χ4v) is 2.60. The van der Waals surface area contributed by atoms with E-state index < -0.39 is 0 Å². The minimum Gasteiger partial charge on any atom is -0.370 e. The number of halogens is 1. The summed E-state index contributed by atoms with van der Waals surface area (Å²) in [5.74, 6) is 0.493. The number of hydrogen-bond donors (Lipinski definition) is 0. The highest BCUT2D eigenvalue weighted by Crippen LogP contribution is 2.18. The second-order valence-corrected chi connectivity index (χ2v) is 5.56. The zero-order chi connectivity index (χ0) is 14.0. The molecule has 2 rings (SSSR count). The highest BCUT2D eigenvalue weighted by Gasteiger charge is 2.29. The number of hydrogen-bond acceptors (Lipinski definition) is 2. The maximum absolute atomic E-state index is 12.6. The Hall–Kier alpha value is -1.06. The fraction of sp³-hybridized carbons (Fsp3) is 0.533. The number of aryl methyl sites for hydroxylation is 2. The van der Waals surface area contributed by atoms with Crippen LogP contribution in [-0.4, -0.2) is 42.0 Å². The summed E-state index contributed by atoms with van der Waals surface area (Å²) in [6.07, 6.45) is -0.0361. The second kappa shape index (κ2) is 5.93. The van der Waals surface area contributed by atoms with Gasteiger partial charge in [-0.15, -0.1) is 11.6 Å². The molecule has 1 aliphatic heterocycles. The molecule has 1 aromatic carbocycles. The average Bonchev–Trinajstić information content (AvgIpc) is 2.40. The number of alkyl halides is 1. The molecular weight excluding hydrogens is 262 g/mol. The molecule has 0 radical (unpaired) electrons. The van der Waals surface area contributed by atoms with Crippen LogP contribution in [0.1, 0.15) is 28.4 Å². The molecular formula is C15H20ClNO2. The van der Waals surface area contributed by atoms with Gasteiger partial charge in [0.2, 0.25) is 0 Å². The Labute approximate surface area is 119 Å². The number of carbonyl (C=O) groups is 1. The maximum Gasteiger partial charge on any atom is 0.254 e. The predicted octanol–water partition coefficient (Wildman–Crippen LogP) is 2.77. The number of amides is 1. The molecule has 0 aliphatic carbocycles. The van der Waals surface area contributed by atoms with Gasteiger partial charge in [-0.3, -0.25) is 4.79 Å². The summed E-state index contributed by atoms with van der Waals surface area (Å²) in [7, 11) is 0. The van der Waals surface area contributed by atoms with E-state index in [1.165, 1.54) is 0 Å². The normalized spacial score (nSPS) is 23.5. The topological polar surface area (TPSA) is 29.5 Å². The smallest absolute Gasteiger partial charge is 0.254 e. The minimum absolute atomic E-state index is 0.0339. The Kier molecular flexibility index (Phi) is 4.48. The highest BCUT2D eigenvalue weighted by molar-refractivity contribution is 6.18. The van der Waals surface area contributed by atoms with Crippen LogP contribution in [0.25, 0.3) is 0 Å². The fourth-order valence-electron chi connectivity index (χ4n) is 2.43. The largest absolute Gasteiger partial charge is 0.370 e. The van der Waals surface area contributed by atoms with Crippen LogP contribution in [0.5, 0.6) is 0 Å². The van der Waals surface area contributed by atoms with Crippen LogP contribution in [0, 0.1) is 13.8 Å². The van der Waals surface area contributed by atoms with E-state index in [1.54, 1.807) is 0 Å². The van der Waals surface area contributed by atoms with E-state index in [2.05, 4.69) is 0 Å². The van der Waals surface area contributed by atoms with Gasteiger partial charge in [0.1, 0.15) is 0 Å². The average molecular weight is 282 g/mol. The molecule has 1 saturated heterocycles. The molecule has 4 heteroatoms. The first-order valence-corrected chi connectivity index (χ1v) is 7.12. The summed E-state index contributed by atoms with van der Waals surface area (Å²) in [5.41, 5.74) is 2.89. The van der Waals surface area contributed by atoms with Crippen LogP contribution in [0.2, 0.25) is 0 Å². The van der Waals surface area contributed by atoms with Gasteiger partial charge in [0.05, 0.1) is 18.1 Å². The number of ether oxygens (including phenoxy) is 1. The van der Waals surface area contributed by atoms with Crippen LogP contribution in [0.4, 0.5) is 0 Å². The summed E-state index contributed by atoms with van der Waals surface area (Å²) < 4.78 is 5.68. The predicted molar refractivity (Wildman–Crippen MR) is 76.9 cm³/mol. The molecule has 0 N–H and O–H groups in total. The van der Waals surface area contributed by atoms with E-state index in [-0.39, 0.29) is 18.1 Å². The monoisotopic (exact) mass is 281 g/mol. The summed E-state index contributed by atoms with van der Waals surface area (Å²) in [6.45, 7) is 7.14. The first-order chi connectivity index (χ1) is 9.01. The molecule has 1 fully saturated rings. The molecule has 1 aliphatic rings. The van der Waals surface area contributed by atoms with Crippen molar-refractivity contribution in [1.29, 1.82) is 0 Å². The number of morpholine rings is 1. The summed E-state index contributed by atoms with van der Waals surface area (Å²) in [6, 6.07) is 5.97. The van der Waals surface area contributed by atoms with E-state index in [0.29, 0.717) is 19.0 Å². The Bertz CT molecular complexity index is 475. The molecule has 0 bridgehead atoms. The Balaban J connectivity index is 2.21. The lowest BCUT2D eigenvalue weighted by atomic mass is 10.0. The highest BCUT2D eigenvalue weighted by atomic mass is 35.5. The van der Waals surface area contributed by atoms with Gasteiger partial charge in [0, 0.05) is 18.7 Å². The van der Waals surface area contributed by atoms with Crippen molar-refractivity contribution in [3.05, 3.63) is 34.9 Å². The van der Waals surface area contributed by atoms with Crippen LogP contribution in [-0.2, 0) is 4.74 Å². The molecule has 19 heavy (non-hydrogen) atoms. The minimum atomic E-state index is -0.0699. The van der Waals surface area contributed by atoms with Crippen LogP contribution >= 0.6 is 11.6 Å². The van der Waals surface area contributed by atoms with Gasteiger partial charge in [-0.2, -0.15) is 0 Å². The van der Waals surface area contributed by atoms with Crippen molar-refractivity contribution in [2.45, 2.75) is 33.0 Å². The molecule has 0 spiro atoms. The Morgan fingerprint density at radius 3 is 2.84 bits per heavy atom. The molecule has 1 aromatic rings. The number of carbonyl (C=O) groups excluding carboxylic acids is 1. The lowest BCUT2D eigenvalue weighted by molar-refractivity contribution is -0.0570. The summed E-state index contributed by atoms with van der Waals surface area (Å²) >= 11 is 5.86. The van der Waals surface area contributed by atoms with E-state index >= 15 is 0 Å². The van der Waals surface area contributed by atoms with Crippen LogP contribution < -0.4 is 0 Å². The third-order valence-electron chi connectivity index (χ3n) is 3.41. The van der Waals surface area contributed by atoms with E-state index in [0.717, 1.165) is 16.7 Å². The van der Waals surface area contributed by atoms with E-state index in [4.69, 9.17) is 16.3 Å². The van der Waals surface area contributed by atoms with Crippen LogP contribution in [0.15, 0.2) is 18.2 Å². The lowest BCUT2D eigenvalue weighted by Gasteiger charge is -2.36. The standard InChI is InChI=1S/C15H20ClNO2/c1-10-4-5-11(2)14(6-10)15(18)17-8-12(3)19-13(7-16)9-17/h4-6,12-13H,7-9H2,1-3H3.